The lowest BCUT2D eigenvalue weighted by Gasteiger charge is -1.89. The van der Waals surface area contributed by atoms with Crippen LogP contribution in [-0.2, 0) is 0 Å². The van der Waals surface area contributed by atoms with Crippen molar-refractivity contribution in [1.82, 2.24) is 4.98 Å². The molecular formula is C12H10N2OS. The molecule has 0 saturated heterocycles. The van der Waals surface area contributed by atoms with E-state index in [1.807, 2.05) is 31.2 Å². The summed E-state index contributed by atoms with van der Waals surface area (Å²) < 4.78 is 6.52. The molecule has 4 heteroatoms. The lowest BCUT2D eigenvalue weighted by atomic mass is 10.3. The van der Waals surface area contributed by atoms with Crippen molar-refractivity contribution in [2.24, 2.45) is 0 Å². The van der Waals surface area contributed by atoms with E-state index >= 15 is 0 Å². The summed E-state index contributed by atoms with van der Waals surface area (Å²) in [5, 5.41) is 0.906. The summed E-state index contributed by atoms with van der Waals surface area (Å²) in [5.74, 6) is 0.847. The summed E-state index contributed by atoms with van der Waals surface area (Å²) in [6.45, 7) is 2.01. The Hall–Kier alpha value is -1.81. The number of furan rings is 1. The Morgan fingerprint density at radius 3 is 2.94 bits per heavy atom. The Kier molecular flexibility index (Phi) is 1.97. The second-order valence-electron chi connectivity index (χ2n) is 3.68. The average molecular weight is 230 g/mol. The van der Waals surface area contributed by atoms with Gasteiger partial charge < -0.3 is 10.2 Å². The number of thiazole rings is 1. The molecule has 0 aliphatic heterocycles. The molecule has 3 nitrogen and oxygen atoms in total. The van der Waals surface area contributed by atoms with E-state index in [1.54, 1.807) is 17.6 Å². The maximum Gasteiger partial charge on any atom is 0.165 e. The molecule has 0 fully saturated rings. The van der Waals surface area contributed by atoms with Gasteiger partial charge in [-0.25, -0.2) is 4.98 Å². The monoisotopic (exact) mass is 230 g/mol. The molecule has 0 saturated carbocycles. The van der Waals surface area contributed by atoms with E-state index in [2.05, 4.69) is 4.98 Å². The van der Waals surface area contributed by atoms with Gasteiger partial charge in [0.1, 0.15) is 0 Å². The summed E-state index contributed by atoms with van der Waals surface area (Å²) in [6, 6.07) is 7.67. The van der Waals surface area contributed by atoms with Gasteiger partial charge in [-0.2, -0.15) is 0 Å². The standard InChI is InChI=1S/C12H10N2OS/c1-7-4-5-15-11(7)12-14-9-3-2-8(13)6-10(9)16-12/h2-6H,13H2,1H3. The summed E-state index contributed by atoms with van der Waals surface area (Å²) in [6.07, 6.45) is 1.69. The lowest BCUT2D eigenvalue weighted by Crippen LogP contribution is -1.81. The van der Waals surface area contributed by atoms with E-state index in [1.165, 1.54) is 0 Å². The molecule has 1 aromatic carbocycles. The number of nitrogens with two attached hydrogens (primary N) is 1. The van der Waals surface area contributed by atoms with Gasteiger partial charge in [0, 0.05) is 5.69 Å². The Morgan fingerprint density at radius 1 is 1.31 bits per heavy atom. The highest BCUT2D eigenvalue weighted by molar-refractivity contribution is 7.21. The van der Waals surface area contributed by atoms with Crippen LogP contribution in [0.4, 0.5) is 5.69 Å². The van der Waals surface area contributed by atoms with Crippen LogP contribution in [0.5, 0.6) is 0 Å². The first-order valence-corrected chi connectivity index (χ1v) is 5.76. The fourth-order valence-electron chi connectivity index (χ4n) is 1.63. The first-order chi connectivity index (χ1) is 7.74. The molecule has 0 spiro atoms. The number of hydrogen-bond acceptors (Lipinski definition) is 4. The van der Waals surface area contributed by atoms with Crippen molar-refractivity contribution < 1.29 is 4.42 Å². The second-order valence-corrected chi connectivity index (χ2v) is 4.71. The molecule has 16 heavy (non-hydrogen) atoms. The van der Waals surface area contributed by atoms with Gasteiger partial charge in [-0.15, -0.1) is 11.3 Å². The molecule has 0 aliphatic carbocycles. The van der Waals surface area contributed by atoms with Gasteiger partial charge in [0.05, 0.1) is 16.5 Å². The molecular weight excluding hydrogens is 220 g/mol. The minimum atomic E-state index is 0.763. The molecule has 2 aromatic heterocycles. The number of rotatable bonds is 1. The minimum absolute atomic E-state index is 0.763. The van der Waals surface area contributed by atoms with Crippen LogP contribution in [0.25, 0.3) is 21.0 Å². The number of fused-ring (bicyclic) bond motifs is 1. The quantitative estimate of drug-likeness (QED) is 0.651. The third-order valence-electron chi connectivity index (χ3n) is 2.47. The first-order valence-electron chi connectivity index (χ1n) is 4.94. The zero-order valence-electron chi connectivity index (χ0n) is 8.73. The summed E-state index contributed by atoms with van der Waals surface area (Å²) in [5.41, 5.74) is 8.57. The number of benzene rings is 1. The summed E-state index contributed by atoms with van der Waals surface area (Å²) >= 11 is 1.60. The van der Waals surface area contributed by atoms with Crippen LogP contribution < -0.4 is 5.73 Å². The van der Waals surface area contributed by atoms with Crippen molar-refractivity contribution >= 4 is 27.2 Å². The van der Waals surface area contributed by atoms with Crippen LogP contribution in [0.3, 0.4) is 0 Å². The molecule has 0 bridgehead atoms. The largest absolute Gasteiger partial charge is 0.462 e. The van der Waals surface area contributed by atoms with Crippen molar-refractivity contribution in [3.8, 4) is 10.8 Å². The molecule has 0 unspecified atom stereocenters. The molecule has 0 amide bonds. The topological polar surface area (TPSA) is 52.0 Å². The zero-order valence-corrected chi connectivity index (χ0v) is 9.54. The van der Waals surface area contributed by atoms with E-state index < -0.39 is 0 Å². The smallest absolute Gasteiger partial charge is 0.165 e. The number of aryl methyl sites for hydroxylation is 1. The predicted molar refractivity (Wildman–Crippen MR) is 66.5 cm³/mol. The van der Waals surface area contributed by atoms with E-state index in [-0.39, 0.29) is 0 Å². The maximum atomic E-state index is 5.74. The van der Waals surface area contributed by atoms with Crippen molar-refractivity contribution in [3.05, 3.63) is 36.1 Å². The molecule has 80 valence electrons. The highest BCUT2D eigenvalue weighted by atomic mass is 32.1. The average Bonchev–Trinajstić information content (AvgIpc) is 2.82. The molecule has 2 heterocycles. The molecule has 0 atom stereocenters. The number of nitrogen functional groups attached to an aromatic ring is 1. The maximum absolute atomic E-state index is 5.74. The Labute approximate surface area is 96.5 Å². The van der Waals surface area contributed by atoms with Crippen molar-refractivity contribution in [3.63, 3.8) is 0 Å². The van der Waals surface area contributed by atoms with Gasteiger partial charge in [0.2, 0.25) is 0 Å². The Balaban J connectivity index is 2.23. The minimum Gasteiger partial charge on any atom is -0.462 e. The van der Waals surface area contributed by atoms with Crippen LogP contribution in [0.15, 0.2) is 34.9 Å². The van der Waals surface area contributed by atoms with Crippen molar-refractivity contribution in [1.29, 1.82) is 0 Å². The fourth-order valence-corrected chi connectivity index (χ4v) is 2.70. The summed E-state index contributed by atoms with van der Waals surface area (Å²) in [7, 11) is 0. The SMILES string of the molecule is Cc1ccoc1-c1nc2ccc(N)cc2s1. The highest BCUT2D eigenvalue weighted by Gasteiger charge is 2.11. The number of aromatic nitrogens is 1. The molecule has 2 N–H and O–H groups in total. The predicted octanol–water partition coefficient (Wildman–Crippen LogP) is 3.45. The second kappa shape index (κ2) is 3.35. The van der Waals surface area contributed by atoms with Gasteiger partial charge in [0.15, 0.2) is 10.8 Å². The highest BCUT2D eigenvalue weighted by Crippen LogP contribution is 2.33. The number of hydrogen-bond donors (Lipinski definition) is 1. The van der Waals surface area contributed by atoms with Gasteiger partial charge in [-0.3, -0.25) is 0 Å². The molecule has 0 radical (unpaired) electrons. The third kappa shape index (κ3) is 1.39. The van der Waals surface area contributed by atoms with E-state index in [4.69, 9.17) is 10.2 Å². The van der Waals surface area contributed by atoms with Crippen LogP contribution >= 0.6 is 11.3 Å². The fraction of sp³-hybridized carbons (Fsp3) is 0.0833. The van der Waals surface area contributed by atoms with E-state index in [0.29, 0.717) is 0 Å². The lowest BCUT2D eigenvalue weighted by molar-refractivity contribution is 0.580. The number of anilines is 1. The summed E-state index contributed by atoms with van der Waals surface area (Å²) in [4.78, 5) is 4.53. The third-order valence-corrected chi connectivity index (χ3v) is 3.49. The van der Waals surface area contributed by atoms with Gasteiger partial charge >= 0.3 is 0 Å². The normalized spacial score (nSPS) is 11.1. The van der Waals surface area contributed by atoms with Crippen LogP contribution in [0, 0.1) is 6.92 Å². The van der Waals surface area contributed by atoms with Crippen LogP contribution in [-0.4, -0.2) is 4.98 Å². The van der Waals surface area contributed by atoms with E-state index in [0.717, 1.165) is 32.2 Å². The first kappa shape index (κ1) is 9.42. The Morgan fingerprint density at radius 2 is 2.19 bits per heavy atom. The molecule has 3 aromatic rings. The van der Waals surface area contributed by atoms with Gasteiger partial charge in [0.25, 0.3) is 0 Å². The molecule has 3 rings (SSSR count). The number of nitrogens with zero attached hydrogens (tertiary/aromatic N) is 1. The van der Waals surface area contributed by atoms with Gasteiger partial charge in [-0.1, -0.05) is 0 Å². The Bertz CT molecular complexity index is 654. The van der Waals surface area contributed by atoms with Gasteiger partial charge in [-0.05, 0) is 36.8 Å². The van der Waals surface area contributed by atoms with Crippen LogP contribution in [0.2, 0.25) is 0 Å². The van der Waals surface area contributed by atoms with Crippen LogP contribution in [0.1, 0.15) is 5.56 Å². The van der Waals surface area contributed by atoms with Crippen molar-refractivity contribution in [2.45, 2.75) is 6.92 Å². The zero-order chi connectivity index (χ0) is 11.1. The molecule has 0 aliphatic rings. The van der Waals surface area contributed by atoms with Crippen molar-refractivity contribution in [2.75, 3.05) is 5.73 Å². The van der Waals surface area contributed by atoms with E-state index in [9.17, 15) is 0 Å².